The Labute approximate surface area is 204 Å². The van der Waals surface area contributed by atoms with Gasteiger partial charge in [0, 0.05) is 26.1 Å². The first kappa shape index (κ1) is 27.4. The molecule has 0 saturated carbocycles. The number of hydrogen-bond acceptors (Lipinski definition) is 4. The second kappa shape index (κ2) is 13.1. The molecule has 0 saturated heterocycles. The van der Waals surface area contributed by atoms with E-state index in [1.807, 2.05) is 62.4 Å². The summed E-state index contributed by atoms with van der Waals surface area (Å²) in [6, 6.07) is 16.5. The Morgan fingerprint density at radius 2 is 1.74 bits per heavy atom. The monoisotopic (exact) mass is 487 g/mol. The highest BCUT2D eigenvalue weighted by molar-refractivity contribution is 7.92. The number of carbonyl (C=O) groups is 2. The number of aryl methyl sites for hydroxylation is 1. The maximum atomic E-state index is 13.2. The molecule has 1 atom stereocenters. The summed E-state index contributed by atoms with van der Waals surface area (Å²) in [4.78, 5) is 27.4. The molecule has 2 amide bonds. The normalized spacial score (nSPS) is 12.1. The van der Waals surface area contributed by atoms with Crippen LogP contribution in [0.25, 0.3) is 0 Å². The van der Waals surface area contributed by atoms with Gasteiger partial charge in [-0.3, -0.25) is 13.9 Å². The van der Waals surface area contributed by atoms with Crippen molar-refractivity contribution in [2.75, 3.05) is 30.2 Å². The fourth-order valence-electron chi connectivity index (χ4n) is 3.75. The van der Waals surface area contributed by atoms with Crippen molar-refractivity contribution in [1.82, 2.24) is 10.2 Å². The van der Waals surface area contributed by atoms with E-state index < -0.39 is 16.1 Å². The molecule has 0 aliphatic rings. The second-order valence-electron chi connectivity index (χ2n) is 8.57. The summed E-state index contributed by atoms with van der Waals surface area (Å²) in [5, 5.41) is 2.87. The number of anilines is 1. The number of nitrogens with one attached hydrogen (secondary N) is 1. The first-order valence-electron chi connectivity index (χ1n) is 11.8. The molecule has 0 fully saturated rings. The van der Waals surface area contributed by atoms with E-state index in [1.165, 1.54) is 10.6 Å². The van der Waals surface area contributed by atoms with Crippen molar-refractivity contribution in [2.24, 2.45) is 0 Å². The van der Waals surface area contributed by atoms with Crippen molar-refractivity contribution in [2.45, 2.75) is 52.5 Å². The summed E-state index contributed by atoms with van der Waals surface area (Å²) in [5.41, 5.74) is 2.63. The minimum Gasteiger partial charge on any atom is -0.354 e. The molecule has 0 radical (unpaired) electrons. The molecule has 2 aromatic rings. The lowest BCUT2D eigenvalue weighted by Crippen LogP contribution is -2.49. The van der Waals surface area contributed by atoms with Crippen molar-refractivity contribution >= 4 is 27.5 Å². The summed E-state index contributed by atoms with van der Waals surface area (Å²) in [5.74, 6) is -0.339. The topological polar surface area (TPSA) is 86.8 Å². The number of carbonyl (C=O) groups excluding carboxylic acids is 2. The van der Waals surface area contributed by atoms with Gasteiger partial charge < -0.3 is 10.2 Å². The Hall–Kier alpha value is -2.87. The molecule has 0 aliphatic carbocycles. The molecular formula is C26H37N3O4S. The van der Waals surface area contributed by atoms with Gasteiger partial charge in [-0.05, 0) is 56.4 Å². The molecule has 0 spiro atoms. The Morgan fingerprint density at radius 1 is 1.03 bits per heavy atom. The molecular weight excluding hydrogens is 450 g/mol. The Bertz CT molecular complexity index is 1040. The Morgan fingerprint density at radius 3 is 2.35 bits per heavy atom. The van der Waals surface area contributed by atoms with Gasteiger partial charge in [-0.25, -0.2) is 8.42 Å². The zero-order valence-electron chi connectivity index (χ0n) is 20.7. The molecule has 1 N–H and O–H groups in total. The number of benzene rings is 2. The van der Waals surface area contributed by atoms with E-state index in [1.54, 1.807) is 17.9 Å². The summed E-state index contributed by atoms with van der Waals surface area (Å²) in [6.07, 6.45) is 3.12. The molecule has 1 unspecified atom stereocenters. The molecule has 0 bridgehead atoms. The number of nitrogens with zero attached hydrogens (tertiary/aromatic N) is 2. The van der Waals surface area contributed by atoms with Gasteiger partial charge in [0.25, 0.3) is 0 Å². The SMILES string of the molecule is CCCNC(=O)C(C)N(CCc1ccccc1)C(=O)CCCN(c1cccc(C)c1)S(C)(=O)=O. The first-order valence-corrected chi connectivity index (χ1v) is 13.6. The van der Waals surface area contributed by atoms with Crippen LogP contribution in [0.2, 0.25) is 0 Å². The van der Waals surface area contributed by atoms with Crippen LogP contribution in [0.15, 0.2) is 54.6 Å². The lowest BCUT2D eigenvalue weighted by atomic mass is 10.1. The van der Waals surface area contributed by atoms with Gasteiger partial charge in [0.15, 0.2) is 0 Å². The Kier molecular flexibility index (Phi) is 10.6. The zero-order chi connectivity index (χ0) is 25.1. The summed E-state index contributed by atoms with van der Waals surface area (Å²) in [6.45, 7) is 6.79. The fraction of sp³-hybridized carbons (Fsp3) is 0.462. The quantitative estimate of drug-likeness (QED) is 0.468. The molecule has 186 valence electrons. The minimum atomic E-state index is -3.49. The van der Waals surface area contributed by atoms with Gasteiger partial charge in [-0.2, -0.15) is 0 Å². The van der Waals surface area contributed by atoms with E-state index in [2.05, 4.69) is 5.32 Å². The van der Waals surface area contributed by atoms with Crippen molar-refractivity contribution < 1.29 is 18.0 Å². The maximum Gasteiger partial charge on any atom is 0.242 e. The largest absolute Gasteiger partial charge is 0.354 e. The summed E-state index contributed by atoms with van der Waals surface area (Å²) >= 11 is 0. The third kappa shape index (κ3) is 8.48. The van der Waals surface area contributed by atoms with E-state index >= 15 is 0 Å². The third-order valence-electron chi connectivity index (χ3n) is 5.64. The average molecular weight is 488 g/mol. The number of sulfonamides is 1. The number of rotatable bonds is 13. The lowest BCUT2D eigenvalue weighted by molar-refractivity contribution is -0.139. The van der Waals surface area contributed by atoms with E-state index in [0.29, 0.717) is 31.6 Å². The van der Waals surface area contributed by atoms with Crippen molar-refractivity contribution in [3.63, 3.8) is 0 Å². The van der Waals surface area contributed by atoms with Crippen molar-refractivity contribution in [1.29, 1.82) is 0 Å². The van der Waals surface area contributed by atoms with Gasteiger partial charge in [-0.15, -0.1) is 0 Å². The Balaban J connectivity index is 2.09. The van der Waals surface area contributed by atoms with E-state index in [0.717, 1.165) is 17.5 Å². The van der Waals surface area contributed by atoms with Crippen LogP contribution >= 0.6 is 0 Å². The predicted octanol–water partition coefficient (Wildman–Crippen LogP) is 3.53. The molecule has 7 nitrogen and oxygen atoms in total. The summed E-state index contributed by atoms with van der Waals surface area (Å²) in [7, 11) is -3.49. The molecule has 0 aliphatic heterocycles. The van der Waals surface area contributed by atoms with Crippen LogP contribution in [0.5, 0.6) is 0 Å². The van der Waals surface area contributed by atoms with Gasteiger partial charge in [0.05, 0.1) is 11.9 Å². The second-order valence-corrected chi connectivity index (χ2v) is 10.5. The lowest BCUT2D eigenvalue weighted by Gasteiger charge is -2.29. The minimum absolute atomic E-state index is 0.151. The highest BCUT2D eigenvalue weighted by Gasteiger charge is 2.26. The van der Waals surface area contributed by atoms with Crippen LogP contribution in [0.4, 0.5) is 5.69 Å². The first-order chi connectivity index (χ1) is 16.1. The van der Waals surface area contributed by atoms with Gasteiger partial charge >= 0.3 is 0 Å². The molecule has 2 aromatic carbocycles. The maximum absolute atomic E-state index is 13.2. The number of hydrogen-bond donors (Lipinski definition) is 1. The molecule has 0 aromatic heterocycles. The highest BCUT2D eigenvalue weighted by atomic mass is 32.2. The predicted molar refractivity (Wildman–Crippen MR) is 137 cm³/mol. The van der Waals surface area contributed by atoms with Crippen LogP contribution in [-0.4, -0.2) is 57.1 Å². The van der Waals surface area contributed by atoms with Gasteiger partial charge in [0.1, 0.15) is 6.04 Å². The van der Waals surface area contributed by atoms with Crippen LogP contribution in [0.1, 0.15) is 44.2 Å². The standard InChI is InChI=1S/C26H37N3O4S/c1-5-17-27-26(31)22(3)28(19-16-23-12-7-6-8-13-23)25(30)15-10-18-29(34(4,32)33)24-14-9-11-21(2)20-24/h6-9,11-14,20,22H,5,10,15-19H2,1-4H3,(H,27,31). The zero-order valence-corrected chi connectivity index (χ0v) is 21.5. The van der Waals surface area contributed by atoms with Crippen LogP contribution in [0, 0.1) is 6.92 Å². The van der Waals surface area contributed by atoms with Crippen molar-refractivity contribution in [3.05, 3.63) is 65.7 Å². The highest BCUT2D eigenvalue weighted by Crippen LogP contribution is 2.20. The van der Waals surface area contributed by atoms with Crippen LogP contribution in [-0.2, 0) is 26.0 Å². The van der Waals surface area contributed by atoms with Crippen LogP contribution < -0.4 is 9.62 Å². The smallest absolute Gasteiger partial charge is 0.242 e. The fourth-order valence-corrected chi connectivity index (χ4v) is 4.71. The number of amides is 2. The molecule has 0 heterocycles. The third-order valence-corrected chi connectivity index (χ3v) is 6.84. The molecule has 34 heavy (non-hydrogen) atoms. The van der Waals surface area contributed by atoms with Crippen LogP contribution in [0.3, 0.4) is 0 Å². The van der Waals surface area contributed by atoms with E-state index in [4.69, 9.17) is 0 Å². The average Bonchev–Trinajstić information content (AvgIpc) is 2.80. The molecule has 8 heteroatoms. The van der Waals surface area contributed by atoms with Crippen molar-refractivity contribution in [3.8, 4) is 0 Å². The van der Waals surface area contributed by atoms with Gasteiger partial charge in [0.2, 0.25) is 21.8 Å². The van der Waals surface area contributed by atoms with E-state index in [-0.39, 0.29) is 24.8 Å². The molecule has 2 rings (SSSR count). The van der Waals surface area contributed by atoms with E-state index in [9.17, 15) is 18.0 Å². The summed E-state index contributed by atoms with van der Waals surface area (Å²) < 4.78 is 26.1. The van der Waals surface area contributed by atoms with Gasteiger partial charge in [-0.1, -0.05) is 49.4 Å².